The summed E-state index contributed by atoms with van der Waals surface area (Å²) in [5.41, 5.74) is 18.9. The number of benzene rings is 5. The van der Waals surface area contributed by atoms with Gasteiger partial charge < -0.3 is 72.9 Å². The van der Waals surface area contributed by atoms with Gasteiger partial charge >= 0.3 is 0 Å². The molecule has 97 heavy (non-hydrogen) atoms. The first-order chi connectivity index (χ1) is 45.9. The number of para-hydroxylation sites is 1. The van der Waals surface area contributed by atoms with Crippen LogP contribution in [0, 0.1) is 149 Å². The highest BCUT2D eigenvalue weighted by atomic mass is 15.5. The second-order valence-electron chi connectivity index (χ2n) is 24.7. The first-order valence-corrected chi connectivity index (χ1v) is 31.3. The average Bonchev–Trinajstić information content (AvgIpc) is 1.62. The predicted octanol–water partition coefficient (Wildman–Crippen LogP) is 17.4. The molecule has 0 aromatic heterocycles. The van der Waals surface area contributed by atoms with E-state index in [0.717, 1.165) is 72.9 Å². The summed E-state index contributed by atoms with van der Waals surface area (Å²) in [6.45, 7) is 108. The van der Waals surface area contributed by atoms with Crippen LogP contribution in [0.1, 0.15) is 101 Å². The summed E-state index contributed by atoms with van der Waals surface area (Å²) in [4.78, 5) is 54.5. The molecule has 0 saturated heterocycles. The number of rotatable bonds is 5. The molecular formula is C77H84N20. The van der Waals surface area contributed by atoms with Crippen LogP contribution >= 0.6 is 0 Å². The van der Waals surface area contributed by atoms with E-state index in [-0.39, 0.29) is 30.8 Å². The first-order valence-electron chi connectivity index (χ1n) is 31.3. The van der Waals surface area contributed by atoms with Crippen LogP contribution in [-0.4, -0.2) is 90.6 Å². The molecule has 0 unspecified atom stereocenters. The summed E-state index contributed by atoms with van der Waals surface area (Å²) < 4.78 is 0. The summed E-state index contributed by atoms with van der Waals surface area (Å²) >= 11 is 0. The molecule has 5 heterocycles. The lowest BCUT2D eigenvalue weighted by Gasteiger charge is -2.26. The minimum atomic E-state index is -0.0247. The first kappa shape index (κ1) is 73.7. The van der Waals surface area contributed by atoms with E-state index in [1.165, 1.54) is 22.3 Å². The Kier molecular flexibility index (Phi) is 23.3. The van der Waals surface area contributed by atoms with Gasteiger partial charge in [0.2, 0.25) is 59.9 Å². The number of nitrogens with zero attached hydrogens (tertiary/aromatic N) is 20. The van der Waals surface area contributed by atoms with Gasteiger partial charge in [-0.3, -0.25) is 24.5 Å². The van der Waals surface area contributed by atoms with Gasteiger partial charge in [0.15, 0.2) is 0 Å². The molecule has 5 atom stereocenters. The van der Waals surface area contributed by atoms with Crippen molar-refractivity contribution in [1.82, 2.24) is 24.5 Å². The zero-order valence-corrected chi connectivity index (χ0v) is 59.8. The quantitative estimate of drug-likeness (QED) is 0.159. The Morgan fingerprint density at radius 3 is 0.856 bits per heavy atom. The van der Waals surface area contributed by atoms with E-state index >= 15 is 0 Å². The molecule has 0 bridgehead atoms. The van der Waals surface area contributed by atoms with Gasteiger partial charge in [0.25, 0.3) is 29.1 Å². The molecule has 20 nitrogen and oxygen atoms in total. The molecule has 0 spiro atoms. The third kappa shape index (κ3) is 14.0. The summed E-state index contributed by atoms with van der Waals surface area (Å²) in [6, 6.07) is 26.9. The molecule has 5 aromatic rings. The molecule has 5 aliphatic rings. The minimum absolute atomic E-state index is 0.0189. The Labute approximate surface area is 576 Å². The highest BCUT2D eigenvalue weighted by Crippen LogP contribution is 2.43. The zero-order chi connectivity index (χ0) is 72.5. The van der Waals surface area contributed by atoms with Crippen LogP contribution in [0.2, 0.25) is 0 Å². The van der Waals surface area contributed by atoms with Crippen LogP contribution in [0.5, 0.6) is 0 Å². The molecule has 0 amide bonds. The van der Waals surface area contributed by atoms with Crippen molar-refractivity contribution in [2.24, 2.45) is 0 Å². The predicted molar refractivity (Wildman–Crippen MR) is 389 cm³/mol. The summed E-state index contributed by atoms with van der Waals surface area (Å²) in [7, 11) is 9.29. The van der Waals surface area contributed by atoms with Crippen LogP contribution in [0.15, 0.2) is 137 Å². The molecule has 0 N–H and O–H groups in total. The van der Waals surface area contributed by atoms with Crippen molar-refractivity contribution >= 4 is 28.4 Å². The molecule has 10 rings (SSSR count). The van der Waals surface area contributed by atoms with Gasteiger partial charge in [-0.15, -0.1) is 0 Å². The normalized spacial score (nSPS) is 18.4. The fraction of sp³-hybridized carbons (Fsp3) is 0.351. The highest BCUT2D eigenvalue weighted by Gasteiger charge is 2.44. The third-order valence-corrected chi connectivity index (χ3v) is 18.4. The van der Waals surface area contributed by atoms with Crippen molar-refractivity contribution in [3.8, 4) is 0 Å². The lowest BCUT2D eigenvalue weighted by molar-refractivity contribution is 0.364. The van der Waals surface area contributed by atoms with E-state index in [0.29, 0.717) is 58.2 Å². The van der Waals surface area contributed by atoms with Crippen LogP contribution < -0.4 is 24.5 Å². The Bertz CT molecular complexity index is 4540. The van der Waals surface area contributed by atoms with E-state index < -0.39 is 0 Å². The molecule has 0 saturated carbocycles. The average molecular weight is 1290 g/mol. The van der Waals surface area contributed by atoms with Crippen molar-refractivity contribution < 1.29 is 0 Å². The summed E-state index contributed by atoms with van der Waals surface area (Å²) in [6.07, 6.45) is -0.108. The highest BCUT2D eigenvalue weighted by molar-refractivity contribution is 5.70. The number of hydrogen-bond donors (Lipinski definition) is 0. The lowest BCUT2D eigenvalue weighted by atomic mass is 10.0. The topological polar surface area (TPSA) is 76.0 Å². The van der Waals surface area contributed by atoms with Crippen molar-refractivity contribution in [3.63, 3.8) is 0 Å². The maximum atomic E-state index is 7.43. The van der Waals surface area contributed by atoms with Gasteiger partial charge in [-0.1, -0.05) is 138 Å². The van der Waals surface area contributed by atoms with Gasteiger partial charge in [-0.2, -0.15) is 0 Å². The summed E-state index contributed by atoms with van der Waals surface area (Å²) in [5, 5.41) is 0. The van der Waals surface area contributed by atoms with Crippen molar-refractivity contribution in [2.45, 2.75) is 149 Å². The Morgan fingerprint density at radius 1 is 0.237 bits per heavy atom. The number of aryl methyl sites for hydroxylation is 12. The molecule has 0 radical (unpaired) electrons. The van der Waals surface area contributed by atoms with E-state index in [1.807, 2.05) is 198 Å². The maximum absolute atomic E-state index is 7.43. The van der Waals surface area contributed by atoms with Gasteiger partial charge in [0.1, 0.15) is 28.4 Å². The smallest absolute Gasteiger partial charge is 0.253 e. The molecule has 5 aromatic carbocycles. The SMILES string of the molecule is [C-]#[N+]C1=C([N+]#[C-])N(c2c(C)cc(C)cc2C)[C@@H](C)N1C.[C-]#[N+]C1=C([N+]#[C-])N(c2c(C)cccc2C)[C@@H](C)N1C.[C-]#[N+]C1=C([N+]#[C-])N(c2cc(C)c(C)cc2C)[C@@H](C)N1C.[C-]#[N+]C1=C([N+]#[C-])N(c2cc(C)ccc2C)[C@@H](C)N1C.[C-]#[N+]C1=C([N+]#[C-])N(c2ccc(C)cc2C)[C@@H](C)N1C. The Balaban J connectivity index is 0.000000192. The Hall–Kier alpha value is -12.3. The fourth-order valence-electron chi connectivity index (χ4n) is 12.7. The second kappa shape index (κ2) is 30.6. The van der Waals surface area contributed by atoms with Crippen molar-refractivity contribution in [3.05, 3.63) is 318 Å². The van der Waals surface area contributed by atoms with E-state index in [9.17, 15) is 0 Å². The van der Waals surface area contributed by atoms with Crippen LogP contribution in [-0.2, 0) is 0 Å². The lowest BCUT2D eigenvalue weighted by Crippen LogP contribution is -2.36. The Morgan fingerprint density at radius 2 is 0.505 bits per heavy atom. The molecule has 5 aliphatic heterocycles. The van der Waals surface area contributed by atoms with Crippen molar-refractivity contribution in [2.75, 3.05) is 59.7 Å². The van der Waals surface area contributed by atoms with Crippen LogP contribution in [0.4, 0.5) is 28.4 Å². The fourth-order valence-corrected chi connectivity index (χ4v) is 12.7. The standard InChI is InChI=1S/2C16H18N4.3C15H16N4/c1-10-8-12(3)14(9-11(10)2)20-13(4)19(7)15(17-5)16(20)18-6;1-10-8-11(2)14(12(3)9-10)20-13(4)19(7)15(17-5)16(20)18-6;1-10-7-8-13(11(2)9-10)19-12(3)18(6)14(16-4)15(19)17-5;1-10-7-8-11(2)13(9-10)19-12(3)18(6)14(16-4)15(19)17-5;1-10-8-7-9-11(2)13(10)19-12(3)18(6)14(16-4)15(19)17-5/h2*8-9,13H,1-4,7H3;3*7-9,12H,1-3,6H3/t2*13-;3*12-/m00000/s1. The van der Waals surface area contributed by atoms with Crippen LogP contribution in [0.3, 0.4) is 0 Å². The van der Waals surface area contributed by atoms with Gasteiger partial charge in [0, 0.05) is 34.6 Å². The molecular weight excluding hydrogens is 1200 g/mol. The van der Waals surface area contributed by atoms with E-state index in [1.54, 1.807) is 0 Å². The molecule has 0 fully saturated rings. The molecule has 0 aliphatic carbocycles. The molecule has 492 valence electrons. The largest absolute Gasteiger partial charge is 0.374 e. The molecule has 20 heteroatoms. The monoisotopic (exact) mass is 1290 g/mol. The van der Waals surface area contributed by atoms with Gasteiger partial charge in [-0.25, -0.2) is 0 Å². The number of hydrogen-bond acceptors (Lipinski definition) is 10. The minimum Gasteiger partial charge on any atom is -0.374 e. The van der Waals surface area contributed by atoms with Crippen molar-refractivity contribution in [1.29, 1.82) is 0 Å². The third-order valence-electron chi connectivity index (χ3n) is 18.4. The van der Waals surface area contributed by atoms with E-state index in [4.69, 9.17) is 65.7 Å². The second-order valence-corrected chi connectivity index (χ2v) is 24.7. The van der Waals surface area contributed by atoms with Crippen LogP contribution in [0.25, 0.3) is 48.5 Å². The number of anilines is 5. The van der Waals surface area contributed by atoms with E-state index in [2.05, 4.69) is 132 Å². The zero-order valence-electron chi connectivity index (χ0n) is 59.8. The summed E-state index contributed by atoms with van der Waals surface area (Å²) in [5.74, 6) is 4.19. The van der Waals surface area contributed by atoms with Gasteiger partial charge in [-0.05, 0) is 157 Å². The van der Waals surface area contributed by atoms with Gasteiger partial charge in [0.05, 0.1) is 35.2 Å². The maximum Gasteiger partial charge on any atom is 0.253 e.